The molecule has 0 fully saturated rings. The van der Waals surface area contributed by atoms with Gasteiger partial charge in [-0.25, -0.2) is 0 Å². The monoisotopic (exact) mass is 236 g/mol. The van der Waals surface area contributed by atoms with Gasteiger partial charge in [-0.15, -0.1) is 0 Å². The number of ether oxygens (including phenoxy) is 1. The Hall–Kier alpha value is -1.53. The van der Waals surface area contributed by atoms with Crippen LogP contribution in [0.1, 0.15) is 17.5 Å². The maximum Gasteiger partial charge on any atom is 0.492 e. The highest BCUT2D eigenvalue weighted by Crippen LogP contribution is 2.24. The number of carbonyl (C=O) groups is 1. The Kier molecular flexibility index (Phi) is 3.35. The SMILES string of the molecule is COc1ccc(CCC(=O)O)c2c1COB2O. The molecular weight excluding hydrogens is 223 g/mol. The van der Waals surface area contributed by atoms with Crippen LogP contribution in [-0.4, -0.2) is 30.3 Å². The number of benzene rings is 1. The predicted molar refractivity (Wildman–Crippen MR) is 61.3 cm³/mol. The van der Waals surface area contributed by atoms with Gasteiger partial charge in [-0.05, 0) is 23.5 Å². The van der Waals surface area contributed by atoms with Crippen molar-refractivity contribution in [1.82, 2.24) is 0 Å². The number of hydrogen-bond acceptors (Lipinski definition) is 4. The van der Waals surface area contributed by atoms with Gasteiger partial charge in [0.15, 0.2) is 0 Å². The molecule has 1 aromatic rings. The van der Waals surface area contributed by atoms with Gasteiger partial charge in [0.05, 0.1) is 13.7 Å². The van der Waals surface area contributed by atoms with E-state index in [1.54, 1.807) is 19.2 Å². The minimum absolute atomic E-state index is 0.0332. The maximum atomic E-state index is 10.6. The minimum Gasteiger partial charge on any atom is -0.496 e. The van der Waals surface area contributed by atoms with Crippen molar-refractivity contribution in [3.63, 3.8) is 0 Å². The van der Waals surface area contributed by atoms with Crippen LogP contribution >= 0.6 is 0 Å². The summed E-state index contributed by atoms with van der Waals surface area (Å²) in [5.41, 5.74) is 2.27. The second kappa shape index (κ2) is 4.77. The zero-order valence-electron chi connectivity index (χ0n) is 9.47. The van der Waals surface area contributed by atoms with E-state index in [4.69, 9.17) is 14.5 Å². The van der Waals surface area contributed by atoms with Gasteiger partial charge in [-0.3, -0.25) is 4.79 Å². The first-order chi connectivity index (χ1) is 8.13. The van der Waals surface area contributed by atoms with E-state index in [2.05, 4.69) is 0 Å². The molecule has 0 radical (unpaired) electrons. The molecule has 0 atom stereocenters. The third-order valence-corrected chi connectivity index (χ3v) is 2.87. The van der Waals surface area contributed by atoms with Crippen LogP contribution in [0.25, 0.3) is 0 Å². The second-order valence-electron chi connectivity index (χ2n) is 3.88. The molecule has 0 aliphatic carbocycles. The molecular formula is C11H13BO5. The third kappa shape index (κ3) is 2.27. The van der Waals surface area contributed by atoms with Gasteiger partial charge in [-0.2, -0.15) is 0 Å². The minimum atomic E-state index is -0.983. The maximum absolute atomic E-state index is 10.6. The predicted octanol–water partition coefficient (Wildman–Crippen LogP) is -0.0699. The van der Waals surface area contributed by atoms with E-state index in [1.165, 1.54) is 0 Å². The largest absolute Gasteiger partial charge is 0.496 e. The van der Waals surface area contributed by atoms with Crippen molar-refractivity contribution in [2.45, 2.75) is 19.4 Å². The molecule has 1 aliphatic heterocycles. The fourth-order valence-corrected chi connectivity index (χ4v) is 2.05. The molecule has 6 heteroatoms. The van der Waals surface area contributed by atoms with Crippen molar-refractivity contribution in [3.8, 4) is 5.75 Å². The Morgan fingerprint density at radius 1 is 1.59 bits per heavy atom. The third-order valence-electron chi connectivity index (χ3n) is 2.87. The first-order valence-corrected chi connectivity index (χ1v) is 5.33. The van der Waals surface area contributed by atoms with Gasteiger partial charge in [0.2, 0.25) is 0 Å². The van der Waals surface area contributed by atoms with E-state index in [0.717, 1.165) is 11.1 Å². The summed E-state index contributed by atoms with van der Waals surface area (Å²) in [6.07, 6.45) is 0.410. The number of fused-ring (bicyclic) bond motifs is 1. The summed E-state index contributed by atoms with van der Waals surface area (Å²) in [7, 11) is 0.570. The van der Waals surface area contributed by atoms with Gasteiger partial charge in [0, 0.05) is 12.0 Å². The smallest absolute Gasteiger partial charge is 0.492 e. The van der Waals surface area contributed by atoms with Crippen LogP contribution in [0.3, 0.4) is 0 Å². The molecule has 1 aromatic carbocycles. The molecule has 0 aromatic heterocycles. The van der Waals surface area contributed by atoms with Gasteiger partial charge in [0.25, 0.3) is 0 Å². The second-order valence-corrected chi connectivity index (χ2v) is 3.88. The number of carboxylic acids is 1. The molecule has 90 valence electrons. The Morgan fingerprint density at radius 2 is 2.35 bits per heavy atom. The fraction of sp³-hybridized carbons (Fsp3) is 0.364. The van der Waals surface area contributed by atoms with E-state index in [-0.39, 0.29) is 6.42 Å². The quantitative estimate of drug-likeness (QED) is 0.715. The normalized spacial score (nSPS) is 13.6. The first-order valence-electron chi connectivity index (χ1n) is 5.33. The van der Waals surface area contributed by atoms with Crippen molar-refractivity contribution in [2.24, 2.45) is 0 Å². The Bertz CT molecular complexity index is 446. The lowest BCUT2D eigenvalue weighted by molar-refractivity contribution is -0.136. The van der Waals surface area contributed by atoms with Crippen LogP contribution < -0.4 is 10.2 Å². The van der Waals surface area contributed by atoms with Gasteiger partial charge in [-0.1, -0.05) is 6.07 Å². The highest BCUT2D eigenvalue weighted by Gasteiger charge is 2.32. The number of aliphatic carboxylic acids is 1. The molecule has 2 N–H and O–H groups in total. The summed E-state index contributed by atoms with van der Waals surface area (Å²) < 4.78 is 10.3. The Balaban J connectivity index is 2.34. The lowest BCUT2D eigenvalue weighted by Gasteiger charge is -2.10. The molecule has 1 aliphatic rings. The van der Waals surface area contributed by atoms with Crippen LogP contribution in [0, 0.1) is 0 Å². The van der Waals surface area contributed by atoms with Crippen LogP contribution in [0.15, 0.2) is 12.1 Å². The van der Waals surface area contributed by atoms with Crippen molar-refractivity contribution in [3.05, 3.63) is 23.3 Å². The molecule has 0 saturated heterocycles. The lowest BCUT2D eigenvalue weighted by Crippen LogP contribution is -2.32. The molecule has 0 bridgehead atoms. The van der Waals surface area contributed by atoms with E-state index in [0.29, 0.717) is 24.2 Å². The average Bonchev–Trinajstić information content (AvgIpc) is 2.69. The van der Waals surface area contributed by atoms with Gasteiger partial charge in [0.1, 0.15) is 5.75 Å². The number of methoxy groups -OCH3 is 1. The van der Waals surface area contributed by atoms with Crippen molar-refractivity contribution in [2.75, 3.05) is 7.11 Å². The molecule has 0 saturated carbocycles. The van der Waals surface area contributed by atoms with Crippen molar-refractivity contribution < 1.29 is 24.3 Å². The Labute approximate surface area is 99.1 Å². The molecule has 0 amide bonds. The topological polar surface area (TPSA) is 76.0 Å². The van der Waals surface area contributed by atoms with E-state index < -0.39 is 13.1 Å². The highest BCUT2D eigenvalue weighted by molar-refractivity contribution is 6.62. The molecule has 0 unspecified atom stereocenters. The zero-order chi connectivity index (χ0) is 12.4. The molecule has 17 heavy (non-hydrogen) atoms. The number of aryl methyl sites for hydroxylation is 1. The summed E-state index contributed by atoms with van der Waals surface area (Å²) in [5, 5.41) is 18.4. The number of rotatable bonds is 4. The lowest BCUT2D eigenvalue weighted by atomic mass is 9.75. The van der Waals surface area contributed by atoms with E-state index in [9.17, 15) is 9.82 Å². The molecule has 5 nitrogen and oxygen atoms in total. The summed E-state index contributed by atoms with van der Waals surface area (Å²) in [5.74, 6) is -0.196. The van der Waals surface area contributed by atoms with Crippen molar-refractivity contribution >= 4 is 18.6 Å². The summed E-state index contributed by atoms with van der Waals surface area (Å²) in [6, 6.07) is 3.55. The average molecular weight is 236 g/mol. The summed E-state index contributed by atoms with van der Waals surface area (Å²) in [4.78, 5) is 10.6. The van der Waals surface area contributed by atoms with Crippen LogP contribution in [0.2, 0.25) is 0 Å². The highest BCUT2D eigenvalue weighted by atomic mass is 16.5. The zero-order valence-corrected chi connectivity index (χ0v) is 9.47. The Morgan fingerprint density at radius 3 is 3.00 bits per heavy atom. The summed E-state index contributed by atoms with van der Waals surface area (Å²) in [6.45, 7) is 0.292. The van der Waals surface area contributed by atoms with Crippen LogP contribution in [0.4, 0.5) is 0 Å². The van der Waals surface area contributed by atoms with E-state index in [1.807, 2.05) is 0 Å². The van der Waals surface area contributed by atoms with Crippen molar-refractivity contribution in [1.29, 1.82) is 0 Å². The van der Waals surface area contributed by atoms with Gasteiger partial charge < -0.3 is 19.5 Å². The standard InChI is InChI=1S/C11H13BO5/c1-16-9-4-2-7(3-5-10(13)14)11-8(9)6-17-12(11)15/h2,4,15H,3,5-6H2,1H3,(H,13,14). The van der Waals surface area contributed by atoms with Gasteiger partial charge >= 0.3 is 13.1 Å². The number of hydrogen-bond donors (Lipinski definition) is 2. The molecule has 0 spiro atoms. The first kappa shape index (κ1) is 11.9. The molecule has 1 heterocycles. The fourth-order valence-electron chi connectivity index (χ4n) is 2.05. The summed E-state index contributed by atoms with van der Waals surface area (Å²) >= 11 is 0. The van der Waals surface area contributed by atoms with Crippen LogP contribution in [0.5, 0.6) is 5.75 Å². The molecule has 2 rings (SSSR count). The van der Waals surface area contributed by atoms with E-state index >= 15 is 0 Å². The number of carboxylic acid groups (broad SMARTS) is 1. The van der Waals surface area contributed by atoms with Crippen LogP contribution in [-0.2, 0) is 22.5 Å².